The summed E-state index contributed by atoms with van der Waals surface area (Å²) in [5, 5.41) is 0. The van der Waals surface area contributed by atoms with E-state index in [1.54, 1.807) is 11.1 Å². The van der Waals surface area contributed by atoms with E-state index in [2.05, 4.69) is 19.9 Å². The normalized spacial score (nSPS) is 16.4. The zero-order valence-electron chi connectivity index (χ0n) is 13.1. The maximum absolute atomic E-state index is 12.7. The Balaban J connectivity index is 1.53. The van der Waals surface area contributed by atoms with Gasteiger partial charge in [-0.2, -0.15) is 13.2 Å². The number of nitrogens with zero attached hydrogens (tertiary/aromatic N) is 5. The van der Waals surface area contributed by atoms with Gasteiger partial charge in [0.25, 0.3) is 0 Å². The predicted octanol–water partition coefficient (Wildman–Crippen LogP) is 2.26. The molecule has 1 saturated heterocycles. The predicted molar refractivity (Wildman–Crippen MR) is 83.6 cm³/mol. The maximum atomic E-state index is 12.7. The zero-order chi connectivity index (χ0) is 17.0. The van der Waals surface area contributed by atoms with E-state index < -0.39 is 11.9 Å². The number of alkyl halides is 3. The van der Waals surface area contributed by atoms with E-state index in [9.17, 15) is 13.2 Å². The topological polar surface area (TPSA) is 45.2 Å². The molecule has 1 aliphatic rings. The van der Waals surface area contributed by atoms with Crippen LogP contribution >= 0.6 is 0 Å². The van der Waals surface area contributed by atoms with Crippen molar-refractivity contribution >= 4 is 5.95 Å². The lowest BCUT2D eigenvalue weighted by Crippen LogP contribution is -2.47. The molecule has 8 heteroatoms. The standard InChI is InChI=1S/C16H18F3N5/c17-16(18,19)14-4-7-21-15(22-14)24-11-9-23(10-12-24)8-5-13-3-1-2-6-20-13/h1-4,6-7H,5,8-12H2. The number of rotatable bonds is 4. The van der Waals surface area contributed by atoms with Crippen molar-refractivity contribution in [3.05, 3.63) is 48.0 Å². The molecule has 2 aromatic heterocycles. The summed E-state index contributed by atoms with van der Waals surface area (Å²) < 4.78 is 38.2. The van der Waals surface area contributed by atoms with E-state index in [1.807, 2.05) is 18.2 Å². The highest BCUT2D eigenvalue weighted by molar-refractivity contribution is 5.31. The first-order valence-electron chi connectivity index (χ1n) is 7.80. The minimum absolute atomic E-state index is 0.147. The second-order valence-corrected chi connectivity index (χ2v) is 5.64. The average Bonchev–Trinajstić information content (AvgIpc) is 2.61. The summed E-state index contributed by atoms with van der Waals surface area (Å²) in [6, 6.07) is 6.74. The number of anilines is 1. The first kappa shape index (κ1) is 16.6. The third kappa shape index (κ3) is 4.19. The van der Waals surface area contributed by atoms with Crippen LogP contribution in [0.3, 0.4) is 0 Å². The van der Waals surface area contributed by atoms with E-state index in [0.717, 1.165) is 37.8 Å². The molecule has 1 fully saturated rings. The van der Waals surface area contributed by atoms with Crippen molar-refractivity contribution in [2.24, 2.45) is 0 Å². The van der Waals surface area contributed by atoms with Gasteiger partial charge in [-0.15, -0.1) is 0 Å². The monoisotopic (exact) mass is 337 g/mol. The van der Waals surface area contributed by atoms with Gasteiger partial charge in [-0.3, -0.25) is 9.88 Å². The Morgan fingerprint density at radius 2 is 1.75 bits per heavy atom. The van der Waals surface area contributed by atoms with Crippen LogP contribution in [0.2, 0.25) is 0 Å². The summed E-state index contributed by atoms with van der Waals surface area (Å²) in [5.74, 6) is 0.147. The van der Waals surface area contributed by atoms with Gasteiger partial charge in [-0.25, -0.2) is 9.97 Å². The Hall–Kier alpha value is -2.22. The maximum Gasteiger partial charge on any atom is 0.433 e. The molecule has 128 valence electrons. The molecule has 1 aliphatic heterocycles. The lowest BCUT2D eigenvalue weighted by atomic mass is 10.2. The Kier molecular flexibility index (Phi) is 4.94. The fraction of sp³-hybridized carbons (Fsp3) is 0.438. The summed E-state index contributed by atoms with van der Waals surface area (Å²) in [7, 11) is 0. The number of piperazine rings is 1. The largest absolute Gasteiger partial charge is 0.433 e. The molecule has 0 aromatic carbocycles. The smallest absolute Gasteiger partial charge is 0.338 e. The van der Waals surface area contributed by atoms with Gasteiger partial charge in [-0.1, -0.05) is 6.07 Å². The number of pyridine rings is 1. The third-order valence-electron chi connectivity index (χ3n) is 4.00. The van der Waals surface area contributed by atoms with Crippen LogP contribution in [0.5, 0.6) is 0 Å². The van der Waals surface area contributed by atoms with E-state index in [4.69, 9.17) is 0 Å². The summed E-state index contributed by atoms with van der Waals surface area (Å²) in [6.07, 6.45) is -0.639. The highest BCUT2D eigenvalue weighted by Gasteiger charge is 2.33. The van der Waals surface area contributed by atoms with E-state index >= 15 is 0 Å². The molecule has 0 N–H and O–H groups in total. The second-order valence-electron chi connectivity index (χ2n) is 5.64. The molecule has 0 atom stereocenters. The Morgan fingerprint density at radius 1 is 0.958 bits per heavy atom. The molecule has 2 aromatic rings. The SMILES string of the molecule is FC(F)(F)c1ccnc(N2CCN(CCc3ccccn3)CC2)n1. The van der Waals surface area contributed by atoms with Crippen molar-refractivity contribution in [1.82, 2.24) is 19.9 Å². The molecule has 0 bridgehead atoms. The van der Waals surface area contributed by atoms with Crippen LogP contribution in [0, 0.1) is 0 Å². The molecule has 0 amide bonds. The van der Waals surface area contributed by atoms with Crippen LogP contribution in [0.15, 0.2) is 36.7 Å². The summed E-state index contributed by atoms with van der Waals surface area (Å²) >= 11 is 0. The molecule has 0 spiro atoms. The van der Waals surface area contributed by atoms with Gasteiger partial charge >= 0.3 is 6.18 Å². The molecule has 0 unspecified atom stereocenters. The third-order valence-corrected chi connectivity index (χ3v) is 4.00. The fourth-order valence-corrected chi connectivity index (χ4v) is 2.65. The van der Waals surface area contributed by atoms with Crippen molar-refractivity contribution in [2.45, 2.75) is 12.6 Å². The van der Waals surface area contributed by atoms with Crippen molar-refractivity contribution in [2.75, 3.05) is 37.6 Å². The van der Waals surface area contributed by atoms with Crippen molar-refractivity contribution in [3.8, 4) is 0 Å². The molecule has 3 heterocycles. The molecule has 0 saturated carbocycles. The van der Waals surface area contributed by atoms with Gasteiger partial charge in [-0.05, 0) is 18.2 Å². The van der Waals surface area contributed by atoms with Crippen molar-refractivity contribution in [3.63, 3.8) is 0 Å². The van der Waals surface area contributed by atoms with Crippen LogP contribution in [0.1, 0.15) is 11.4 Å². The molecule has 24 heavy (non-hydrogen) atoms. The van der Waals surface area contributed by atoms with Gasteiger partial charge in [0, 0.05) is 57.2 Å². The zero-order valence-corrected chi connectivity index (χ0v) is 13.1. The Morgan fingerprint density at radius 3 is 2.42 bits per heavy atom. The first-order chi connectivity index (χ1) is 11.5. The Labute approximate surface area is 138 Å². The van der Waals surface area contributed by atoms with E-state index in [1.165, 1.54) is 6.20 Å². The minimum Gasteiger partial charge on any atom is -0.338 e. The van der Waals surface area contributed by atoms with Crippen molar-refractivity contribution in [1.29, 1.82) is 0 Å². The quantitative estimate of drug-likeness (QED) is 0.856. The van der Waals surface area contributed by atoms with Crippen LogP contribution in [0.4, 0.5) is 19.1 Å². The van der Waals surface area contributed by atoms with E-state index in [0.29, 0.717) is 13.1 Å². The van der Waals surface area contributed by atoms with Gasteiger partial charge < -0.3 is 4.90 Å². The van der Waals surface area contributed by atoms with Crippen LogP contribution in [-0.4, -0.2) is 52.6 Å². The number of aromatic nitrogens is 3. The molecule has 3 rings (SSSR count). The van der Waals surface area contributed by atoms with Crippen LogP contribution < -0.4 is 4.90 Å². The lowest BCUT2D eigenvalue weighted by Gasteiger charge is -2.34. The van der Waals surface area contributed by atoms with Gasteiger partial charge in [0.1, 0.15) is 5.69 Å². The first-order valence-corrected chi connectivity index (χ1v) is 7.80. The highest BCUT2D eigenvalue weighted by Crippen LogP contribution is 2.28. The van der Waals surface area contributed by atoms with Gasteiger partial charge in [0.2, 0.25) is 5.95 Å². The molecule has 5 nitrogen and oxygen atoms in total. The number of hydrogen-bond acceptors (Lipinski definition) is 5. The van der Waals surface area contributed by atoms with Gasteiger partial charge in [0.05, 0.1) is 0 Å². The molecule has 0 radical (unpaired) electrons. The van der Waals surface area contributed by atoms with Crippen molar-refractivity contribution < 1.29 is 13.2 Å². The molecular weight excluding hydrogens is 319 g/mol. The number of hydrogen-bond donors (Lipinski definition) is 0. The molecular formula is C16H18F3N5. The highest BCUT2D eigenvalue weighted by atomic mass is 19.4. The lowest BCUT2D eigenvalue weighted by molar-refractivity contribution is -0.141. The Bertz CT molecular complexity index is 654. The second kappa shape index (κ2) is 7.12. The van der Waals surface area contributed by atoms with Crippen LogP contribution in [0.25, 0.3) is 0 Å². The summed E-state index contributed by atoms with van der Waals surface area (Å²) in [6.45, 7) is 3.65. The van der Waals surface area contributed by atoms with E-state index in [-0.39, 0.29) is 5.95 Å². The molecule has 0 aliphatic carbocycles. The summed E-state index contributed by atoms with van der Waals surface area (Å²) in [4.78, 5) is 16.0. The summed E-state index contributed by atoms with van der Waals surface area (Å²) in [5.41, 5.74) is 0.145. The fourth-order valence-electron chi connectivity index (χ4n) is 2.65. The minimum atomic E-state index is -4.44. The van der Waals surface area contributed by atoms with Gasteiger partial charge in [0.15, 0.2) is 0 Å². The van der Waals surface area contributed by atoms with Crippen LogP contribution in [-0.2, 0) is 12.6 Å². The average molecular weight is 337 g/mol. The number of halogens is 3.